The van der Waals surface area contributed by atoms with Gasteiger partial charge in [-0.15, -0.1) is 0 Å². The summed E-state index contributed by atoms with van der Waals surface area (Å²) in [7, 11) is 0. The van der Waals surface area contributed by atoms with Gasteiger partial charge in [0.15, 0.2) is 5.78 Å². The third-order valence-electron chi connectivity index (χ3n) is 10.8. The number of aliphatic hydroxyl groups is 1. The Morgan fingerprint density at radius 3 is 2.66 bits per heavy atom. The van der Waals surface area contributed by atoms with Crippen LogP contribution < -0.4 is 0 Å². The first-order chi connectivity index (χ1) is 15.3. The molecule has 5 nitrogen and oxygen atoms in total. The molecular weight excluding hydrogens is 400 g/mol. The van der Waals surface area contributed by atoms with Gasteiger partial charge in [0, 0.05) is 24.4 Å². The fraction of sp³-hybridized carbons (Fsp3) is 0.852. The third-order valence-corrected chi connectivity index (χ3v) is 10.8. The largest absolute Gasteiger partial charge is 0.387 e. The van der Waals surface area contributed by atoms with Gasteiger partial charge in [-0.3, -0.25) is 9.48 Å². The van der Waals surface area contributed by atoms with Gasteiger partial charge in [0.05, 0.1) is 12.2 Å². The molecule has 4 fully saturated rings. The molecule has 1 unspecified atom stereocenters. The van der Waals surface area contributed by atoms with E-state index in [1.807, 2.05) is 19.2 Å². The number of hydrogen-bond acceptors (Lipinski definition) is 4. The molecule has 1 aromatic heterocycles. The van der Waals surface area contributed by atoms with Crippen LogP contribution in [0, 0.1) is 40.4 Å². The zero-order valence-corrected chi connectivity index (χ0v) is 20.3. The van der Waals surface area contributed by atoms with Crippen molar-refractivity contribution in [3.05, 3.63) is 18.5 Å². The molecule has 0 saturated heterocycles. The second-order valence-corrected chi connectivity index (χ2v) is 12.0. The fourth-order valence-corrected chi connectivity index (χ4v) is 8.83. The van der Waals surface area contributed by atoms with Crippen LogP contribution in [-0.2, 0) is 16.1 Å². The Morgan fingerprint density at radius 1 is 1.09 bits per heavy atom. The van der Waals surface area contributed by atoms with Crippen molar-refractivity contribution in [2.75, 3.05) is 13.2 Å². The summed E-state index contributed by atoms with van der Waals surface area (Å²) in [5, 5.41) is 15.4. The lowest BCUT2D eigenvalue weighted by Gasteiger charge is -2.58. The molecule has 1 aromatic rings. The van der Waals surface area contributed by atoms with Gasteiger partial charge in [0.25, 0.3) is 0 Å². The standard InChI is InChI=1S/C27H42N2O3/c1-4-32-18-27(31)13-9-20-19(16-27)6-7-22-21(20)8-11-25(2)23(22)10-12-26(25,3)24(30)17-29-15-5-14-28-29/h5,14-15,19-23,31H,4,6-13,16-18H2,1-3H3/t19-,20-,21+,22+,23-,25-,26?,27+/m0/s1. The van der Waals surface area contributed by atoms with Crippen molar-refractivity contribution in [1.82, 2.24) is 9.78 Å². The minimum Gasteiger partial charge on any atom is -0.387 e. The number of Topliss-reactive ketones (excluding diaryl/α,β-unsaturated/α-hetero) is 1. The van der Waals surface area contributed by atoms with Crippen molar-refractivity contribution >= 4 is 5.78 Å². The zero-order chi connectivity index (χ0) is 22.6. The van der Waals surface area contributed by atoms with E-state index >= 15 is 0 Å². The fourth-order valence-electron chi connectivity index (χ4n) is 8.83. The molecule has 4 saturated carbocycles. The van der Waals surface area contributed by atoms with Crippen LogP contribution in [-0.4, -0.2) is 39.5 Å². The maximum atomic E-state index is 13.5. The van der Waals surface area contributed by atoms with Crippen molar-refractivity contribution in [1.29, 1.82) is 0 Å². The predicted molar refractivity (Wildman–Crippen MR) is 124 cm³/mol. The number of hydrogen-bond donors (Lipinski definition) is 1. The van der Waals surface area contributed by atoms with Crippen LogP contribution >= 0.6 is 0 Å². The first kappa shape index (κ1) is 22.6. The minimum absolute atomic E-state index is 0.107. The highest BCUT2D eigenvalue weighted by Gasteiger charge is 2.63. The molecule has 1 heterocycles. The lowest BCUT2D eigenvalue weighted by Crippen LogP contribution is -2.54. The van der Waals surface area contributed by atoms with E-state index < -0.39 is 5.60 Å². The van der Waals surface area contributed by atoms with Crippen LogP contribution in [0.15, 0.2) is 18.5 Å². The SMILES string of the molecule is CCOC[C@@]1(O)CC[C@H]2[C@@H](CC[C@@H]3[C@@H]2CC[C@@]2(C)[C@H]3CCC2(C)C(=O)Cn2cccn2)C1. The van der Waals surface area contributed by atoms with Crippen molar-refractivity contribution in [3.8, 4) is 0 Å². The number of fused-ring (bicyclic) bond motifs is 5. The highest BCUT2D eigenvalue weighted by molar-refractivity contribution is 5.85. The van der Waals surface area contributed by atoms with Crippen LogP contribution in [0.1, 0.15) is 78.6 Å². The second kappa shape index (κ2) is 8.23. The van der Waals surface area contributed by atoms with E-state index in [9.17, 15) is 9.90 Å². The zero-order valence-electron chi connectivity index (χ0n) is 20.3. The van der Waals surface area contributed by atoms with Gasteiger partial charge in [-0.1, -0.05) is 13.8 Å². The lowest BCUT2D eigenvalue weighted by atomic mass is 9.47. The Labute approximate surface area is 193 Å². The second-order valence-electron chi connectivity index (χ2n) is 12.0. The molecule has 0 spiro atoms. The molecule has 0 aromatic carbocycles. The highest BCUT2D eigenvalue weighted by Crippen LogP contribution is 2.68. The van der Waals surface area contributed by atoms with E-state index in [0.29, 0.717) is 37.4 Å². The molecule has 1 N–H and O–H groups in total. The summed E-state index contributed by atoms with van der Waals surface area (Å²) in [6.45, 7) is 8.30. The number of rotatable bonds is 6. The van der Waals surface area contributed by atoms with Crippen molar-refractivity contribution < 1.29 is 14.6 Å². The summed E-state index contributed by atoms with van der Waals surface area (Å²) in [5.74, 6) is 3.98. The molecule has 0 aliphatic heterocycles. The maximum absolute atomic E-state index is 13.5. The Balaban J connectivity index is 1.31. The van der Waals surface area contributed by atoms with Crippen LogP contribution in [0.4, 0.5) is 0 Å². The van der Waals surface area contributed by atoms with Gasteiger partial charge >= 0.3 is 0 Å². The first-order valence-electron chi connectivity index (χ1n) is 13.1. The summed E-state index contributed by atoms with van der Waals surface area (Å²) in [6.07, 6.45) is 13.8. The molecular formula is C27H42N2O3. The van der Waals surface area contributed by atoms with Gasteiger partial charge in [0.2, 0.25) is 0 Å². The van der Waals surface area contributed by atoms with Crippen LogP contribution in [0.25, 0.3) is 0 Å². The number of carbonyl (C=O) groups excluding carboxylic acids is 1. The normalized spacial score (nSPS) is 45.7. The van der Waals surface area contributed by atoms with Gasteiger partial charge in [-0.05, 0) is 106 Å². The monoisotopic (exact) mass is 442 g/mol. The van der Waals surface area contributed by atoms with Gasteiger partial charge < -0.3 is 9.84 Å². The average molecular weight is 443 g/mol. The first-order valence-corrected chi connectivity index (χ1v) is 13.1. The van der Waals surface area contributed by atoms with Crippen LogP contribution in [0.2, 0.25) is 0 Å². The number of ketones is 1. The summed E-state index contributed by atoms with van der Waals surface area (Å²) in [4.78, 5) is 13.5. The van der Waals surface area contributed by atoms with Crippen molar-refractivity contribution in [3.63, 3.8) is 0 Å². The van der Waals surface area contributed by atoms with E-state index in [1.165, 1.54) is 32.1 Å². The minimum atomic E-state index is -0.613. The van der Waals surface area contributed by atoms with Gasteiger partial charge in [-0.2, -0.15) is 5.10 Å². The van der Waals surface area contributed by atoms with Crippen molar-refractivity contribution in [2.24, 2.45) is 40.4 Å². The van der Waals surface area contributed by atoms with E-state index in [2.05, 4.69) is 18.9 Å². The third kappa shape index (κ3) is 3.50. The molecule has 0 amide bonds. The Morgan fingerprint density at radius 2 is 1.91 bits per heavy atom. The molecule has 0 radical (unpaired) electrons. The molecule has 4 aliphatic carbocycles. The number of carbonyl (C=O) groups is 1. The molecule has 5 heteroatoms. The van der Waals surface area contributed by atoms with E-state index in [1.54, 1.807) is 10.9 Å². The van der Waals surface area contributed by atoms with E-state index in [4.69, 9.17) is 4.74 Å². The Kier molecular flexibility index (Phi) is 5.81. The van der Waals surface area contributed by atoms with Crippen molar-refractivity contribution in [2.45, 2.75) is 90.7 Å². The molecule has 8 atom stereocenters. The summed E-state index contributed by atoms with van der Waals surface area (Å²) < 4.78 is 7.43. The maximum Gasteiger partial charge on any atom is 0.160 e. The number of ether oxygens (including phenoxy) is 1. The molecule has 32 heavy (non-hydrogen) atoms. The Hall–Kier alpha value is -1.20. The van der Waals surface area contributed by atoms with Crippen LogP contribution in [0.5, 0.6) is 0 Å². The lowest BCUT2D eigenvalue weighted by molar-refractivity contribution is -0.148. The smallest absolute Gasteiger partial charge is 0.160 e. The number of aromatic nitrogens is 2. The summed E-state index contributed by atoms with van der Waals surface area (Å²) in [5.41, 5.74) is -0.747. The van der Waals surface area contributed by atoms with E-state index in [-0.39, 0.29) is 10.8 Å². The number of nitrogens with zero attached hydrogens (tertiary/aromatic N) is 2. The van der Waals surface area contributed by atoms with Crippen LogP contribution in [0.3, 0.4) is 0 Å². The van der Waals surface area contributed by atoms with Gasteiger partial charge in [0.1, 0.15) is 6.54 Å². The summed E-state index contributed by atoms with van der Waals surface area (Å²) >= 11 is 0. The Bertz CT molecular complexity index is 825. The average Bonchev–Trinajstić information content (AvgIpc) is 3.38. The molecule has 5 rings (SSSR count). The summed E-state index contributed by atoms with van der Waals surface area (Å²) in [6, 6.07) is 1.90. The quantitative estimate of drug-likeness (QED) is 0.682. The highest BCUT2D eigenvalue weighted by atomic mass is 16.5. The molecule has 178 valence electrons. The topological polar surface area (TPSA) is 64.3 Å². The molecule has 0 bridgehead atoms. The van der Waals surface area contributed by atoms with E-state index in [0.717, 1.165) is 43.4 Å². The predicted octanol–water partition coefficient (Wildman–Crippen LogP) is 4.88. The molecule has 4 aliphatic rings. The van der Waals surface area contributed by atoms with Gasteiger partial charge in [-0.25, -0.2) is 0 Å².